The lowest BCUT2D eigenvalue weighted by Gasteiger charge is -2.34. The van der Waals surface area contributed by atoms with E-state index in [0.717, 1.165) is 5.13 Å². The Balaban J connectivity index is 1.39. The van der Waals surface area contributed by atoms with E-state index in [1.54, 1.807) is 35.2 Å². The van der Waals surface area contributed by atoms with Gasteiger partial charge in [-0.05, 0) is 29.6 Å². The first-order valence-corrected chi connectivity index (χ1v) is 10.3. The summed E-state index contributed by atoms with van der Waals surface area (Å²) in [6.45, 7) is 2.53. The number of carbonyl (C=O) groups is 2. The van der Waals surface area contributed by atoms with Gasteiger partial charge in [0.1, 0.15) is 0 Å². The maximum Gasteiger partial charge on any atom is 0.265 e. The van der Waals surface area contributed by atoms with E-state index in [0.29, 0.717) is 42.3 Å². The number of amides is 2. The molecule has 1 fully saturated rings. The Morgan fingerprint density at radius 3 is 2.61 bits per heavy atom. The summed E-state index contributed by atoms with van der Waals surface area (Å²) in [5.41, 5.74) is 6.74. The maximum atomic E-state index is 12.9. The molecule has 0 bridgehead atoms. The van der Waals surface area contributed by atoms with E-state index in [9.17, 15) is 9.59 Å². The van der Waals surface area contributed by atoms with E-state index < -0.39 is 0 Å². The third-order valence-electron chi connectivity index (χ3n) is 4.38. The zero-order valence-electron chi connectivity index (χ0n) is 14.9. The molecule has 4 rings (SSSR count). The molecule has 0 radical (unpaired) electrons. The molecule has 0 spiro atoms. The van der Waals surface area contributed by atoms with E-state index in [1.807, 2.05) is 11.4 Å². The number of hydrogen-bond donors (Lipinski definition) is 2. The highest BCUT2D eigenvalue weighted by molar-refractivity contribution is 7.12. The number of anilines is 3. The summed E-state index contributed by atoms with van der Waals surface area (Å²) in [6.07, 6.45) is 0. The number of piperazine rings is 1. The molecule has 28 heavy (non-hydrogen) atoms. The van der Waals surface area contributed by atoms with Gasteiger partial charge in [-0.15, -0.1) is 11.3 Å². The minimum Gasteiger partial charge on any atom is -0.367 e. The highest BCUT2D eigenvalue weighted by Crippen LogP contribution is 2.21. The number of benzene rings is 1. The first-order chi connectivity index (χ1) is 13.6. The molecule has 1 aliphatic heterocycles. The molecule has 10 heteroatoms. The maximum absolute atomic E-state index is 12.9. The van der Waals surface area contributed by atoms with Gasteiger partial charge in [-0.2, -0.15) is 9.36 Å². The van der Waals surface area contributed by atoms with Crippen LogP contribution in [0.5, 0.6) is 0 Å². The molecular formula is C18H18N6O2S2. The molecule has 0 saturated carbocycles. The van der Waals surface area contributed by atoms with Crippen LogP contribution in [0, 0.1) is 0 Å². The quantitative estimate of drug-likeness (QED) is 0.679. The molecule has 2 aromatic heterocycles. The normalized spacial score (nSPS) is 14.1. The van der Waals surface area contributed by atoms with Gasteiger partial charge < -0.3 is 20.9 Å². The topological polar surface area (TPSA) is 104 Å². The summed E-state index contributed by atoms with van der Waals surface area (Å²) >= 11 is 2.64. The third kappa shape index (κ3) is 3.97. The van der Waals surface area contributed by atoms with Crippen LogP contribution < -0.4 is 16.0 Å². The van der Waals surface area contributed by atoms with Crippen molar-refractivity contribution in [2.45, 2.75) is 0 Å². The zero-order chi connectivity index (χ0) is 19.5. The van der Waals surface area contributed by atoms with Crippen LogP contribution in [0.1, 0.15) is 20.0 Å². The van der Waals surface area contributed by atoms with Crippen LogP contribution in [0.15, 0.2) is 41.8 Å². The van der Waals surface area contributed by atoms with Gasteiger partial charge in [0.15, 0.2) is 0 Å². The number of rotatable bonds is 4. The van der Waals surface area contributed by atoms with Crippen LogP contribution in [-0.2, 0) is 0 Å². The van der Waals surface area contributed by atoms with Crippen molar-refractivity contribution in [2.75, 3.05) is 42.1 Å². The van der Waals surface area contributed by atoms with Crippen molar-refractivity contribution in [1.29, 1.82) is 0 Å². The number of carbonyl (C=O) groups excluding carboxylic acids is 2. The zero-order valence-corrected chi connectivity index (χ0v) is 16.5. The van der Waals surface area contributed by atoms with E-state index in [2.05, 4.69) is 19.6 Å². The first-order valence-electron chi connectivity index (χ1n) is 8.68. The van der Waals surface area contributed by atoms with Crippen molar-refractivity contribution in [2.24, 2.45) is 0 Å². The summed E-state index contributed by atoms with van der Waals surface area (Å²) in [6, 6.07) is 10.6. The summed E-state index contributed by atoms with van der Waals surface area (Å²) in [5.74, 6) is 0.0492. The number of nitrogens with two attached hydrogens (primary N) is 1. The lowest BCUT2D eigenvalue weighted by atomic mass is 10.1. The van der Waals surface area contributed by atoms with E-state index in [4.69, 9.17) is 5.73 Å². The second kappa shape index (κ2) is 7.95. The van der Waals surface area contributed by atoms with E-state index >= 15 is 0 Å². The molecule has 1 aromatic carbocycles. The second-order valence-electron chi connectivity index (χ2n) is 6.23. The van der Waals surface area contributed by atoms with Gasteiger partial charge in [0, 0.05) is 49.0 Å². The molecular weight excluding hydrogens is 396 g/mol. The van der Waals surface area contributed by atoms with Gasteiger partial charge >= 0.3 is 0 Å². The summed E-state index contributed by atoms with van der Waals surface area (Å²) < 4.78 is 4.00. The van der Waals surface area contributed by atoms with Crippen molar-refractivity contribution in [3.8, 4) is 0 Å². The van der Waals surface area contributed by atoms with Gasteiger partial charge in [-0.3, -0.25) is 9.59 Å². The number of thiophene rings is 1. The molecule has 144 valence electrons. The Bertz CT molecular complexity index is 980. The van der Waals surface area contributed by atoms with Gasteiger partial charge in [0.2, 0.25) is 11.1 Å². The summed E-state index contributed by atoms with van der Waals surface area (Å²) in [4.78, 5) is 33.8. The Hall–Kier alpha value is -2.98. The van der Waals surface area contributed by atoms with Crippen molar-refractivity contribution >= 4 is 51.5 Å². The molecule has 2 amide bonds. The van der Waals surface area contributed by atoms with Crippen LogP contribution in [-0.4, -0.2) is 52.3 Å². The number of hydrogen-bond acceptors (Lipinski definition) is 8. The van der Waals surface area contributed by atoms with Crippen LogP contribution in [0.2, 0.25) is 0 Å². The minimum absolute atomic E-state index is 0.0522. The molecule has 8 nitrogen and oxygen atoms in total. The van der Waals surface area contributed by atoms with Crippen LogP contribution >= 0.6 is 22.9 Å². The van der Waals surface area contributed by atoms with Gasteiger partial charge in [0.05, 0.1) is 4.88 Å². The Labute approximate surface area is 169 Å². The molecule has 3 heterocycles. The highest BCUT2D eigenvalue weighted by Gasteiger charge is 2.24. The second-order valence-corrected chi connectivity index (χ2v) is 7.90. The first kappa shape index (κ1) is 18.4. The summed E-state index contributed by atoms with van der Waals surface area (Å²) in [5, 5.41) is 5.47. The minimum atomic E-state index is -0.176. The lowest BCUT2D eigenvalue weighted by Crippen LogP contribution is -2.48. The largest absolute Gasteiger partial charge is 0.367 e. The van der Waals surface area contributed by atoms with Gasteiger partial charge in [-0.1, -0.05) is 12.1 Å². The monoisotopic (exact) mass is 414 g/mol. The number of nitrogens with zero attached hydrogens (tertiary/aromatic N) is 4. The smallest absolute Gasteiger partial charge is 0.265 e. The number of nitrogen functional groups attached to an aromatic ring is 1. The van der Waals surface area contributed by atoms with E-state index in [-0.39, 0.29) is 17.8 Å². The Kier molecular flexibility index (Phi) is 5.22. The third-order valence-corrected chi connectivity index (χ3v) is 6.04. The highest BCUT2D eigenvalue weighted by atomic mass is 32.1. The summed E-state index contributed by atoms with van der Waals surface area (Å²) in [7, 11) is 0. The molecule has 3 N–H and O–H groups in total. The molecule has 1 saturated heterocycles. The Morgan fingerprint density at radius 1 is 1.11 bits per heavy atom. The molecule has 0 unspecified atom stereocenters. The average molecular weight is 415 g/mol. The van der Waals surface area contributed by atoms with Crippen molar-refractivity contribution < 1.29 is 9.59 Å². The van der Waals surface area contributed by atoms with Crippen LogP contribution in [0.4, 0.5) is 16.8 Å². The van der Waals surface area contributed by atoms with Crippen molar-refractivity contribution in [3.05, 3.63) is 52.2 Å². The van der Waals surface area contributed by atoms with Crippen molar-refractivity contribution in [1.82, 2.24) is 14.3 Å². The fraction of sp³-hybridized carbons (Fsp3) is 0.222. The number of aromatic nitrogens is 2. The molecule has 3 aromatic rings. The van der Waals surface area contributed by atoms with Crippen LogP contribution in [0.25, 0.3) is 0 Å². The lowest BCUT2D eigenvalue weighted by molar-refractivity contribution is 0.0746. The molecule has 0 aliphatic carbocycles. The average Bonchev–Trinajstić information content (AvgIpc) is 3.40. The number of nitrogens with one attached hydrogen (secondary N) is 1. The molecule has 0 atom stereocenters. The van der Waals surface area contributed by atoms with Gasteiger partial charge in [0.25, 0.3) is 11.8 Å². The standard InChI is InChI=1S/C18H18N6O2S2/c19-17-21-18(28-22-17)24-8-6-23(7-9-24)16(26)12-3-1-4-13(11-12)20-15(25)14-5-2-10-27-14/h1-5,10-11H,6-9H2,(H2,19,22)(H,20,25). The fourth-order valence-electron chi connectivity index (χ4n) is 2.97. The van der Waals surface area contributed by atoms with Gasteiger partial charge in [-0.25, -0.2) is 0 Å². The Morgan fingerprint density at radius 2 is 1.93 bits per heavy atom. The predicted molar refractivity (Wildman–Crippen MR) is 111 cm³/mol. The van der Waals surface area contributed by atoms with Crippen LogP contribution in [0.3, 0.4) is 0 Å². The SMILES string of the molecule is Nc1nsc(N2CCN(C(=O)c3cccc(NC(=O)c4cccs4)c3)CC2)n1. The van der Waals surface area contributed by atoms with Crippen molar-refractivity contribution in [3.63, 3.8) is 0 Å². The fourth-order valence-corrected chi connectivity index (χ4v) is 4.24. The van der Waals surface area contributed by atoms with E-state index in [1.165, 1.54) is 22.9 Å². The predicted octanol–water partition coefficient (Wildman–Crippen LogP) is 2.40. The molecule has 1 aliphatic rings.